The van der Waals surface area contributed by atoms with Gasteiger partial charge in [0.2, 0.25) is 0 Å². The van der Waals surface area contributed by atoms with Crippen LogP contribution in [0.5, 0.6) is 0 Å². The van der Waals surface area contributed by atoms with Gasteiger partial charge in [-0.1, -0.05) is 6.42 Å². The minimum Gasteiger partial charge on any atom is -0.375 e. The van der Waals surface area contributed by atoms with Crippen LogP contribution in [0.1, 0.15) is 52.9 Å². The molecular weight excluding hydrogens is 198 g/mol. The average Bonchev–Trinajstić information content (AvgIpc) is 2.60. The van der Waals surface area contributed by atoms with Crippen molar-refractivity contribution in [3.8, 4) is 0 Å². The Labute approximate surface area is 100 Å². The molecule has 2 unspecified atom stereocenters. The van der Waals surface area contributed by atoms with Crippen LogP contribution < -0.4 is 0 Å². The van der Waals surface area contributed by atoms with Gasteiger partial charge in [0, 0.05) is 11.5 Å². The fourth-order valence-electron chi connectivity index (χ4n) is 3.54. The van der Waals surface area contributed by atoms with Crippen LogP contribution in [0.4, 0.5) is 0 Å². The number of fused-ring (bicyclic) bond motifs is 1. The van der Waals surface area contributed by atoms with Gasteiger partial charge in [0.15, 0.2) is 0 Å². The molecule has 1 saturated carbocycles. The van der Waals surface area contributed by atoms with Crippen LogP contribution in [0.3, 0.4) is 0 Å². The Hall–Kier alpha value is -0.0800. The second-order valence-corrected chi connectivity index (χ2v) is 6.76. The summed E-state index contributed by atoms with van der Waals surface area (Å²) in [5, 5.41) is 0. The summed E-state index contributed by atoms with van der Waals surface area (Å²) in [5.41, 5.74) is 0.484. The number of hydrogen-bond donors (Lipinski definition) is 0. The van der Waals surface area contributed by atoms with Gasteiger partial charge >= 0.3 is 0 Å². The number of hydrogen-bond acceptors (Lipinski definition) is 2. The van der Waals surface area contributed by atoms with Crippen LogP contribution in [0, 0.1) is 5.41 Å². The minimum absolute atomic E-state index is 0.0118. The first-order chi connectivity index (χ1) is 7.43. The third-order valence-corrected chi connectivity index (χ3v) is 4.37. The molecule has 0 amide bonds. The van der Waals surface area contributed by atoms with Crippen molar-refractivity contribution in [2.24, 2.45) is 5.41 Å². The first-order valence-corrected chi connectivity index (χ1v) is 6.77. The number of ether oxygens (including phenoxy) is 1. The smallest absolute Gasteiger partial charge is 0.0598 e. The lowest BCUT2D eigenvalue weighted by molar-refractivity contribution is -0.0846. The third-order valence-electron chi connectivity index (χ3n) is 4.37. The first kappa shape index (κ1) is 12.4. The zero-order valence-electron chi connectivity index (χ0n) is 11.4. The molecule has 2 atom stereocenters. The van der Waals surface area contributed by atoms with Gasteiger partial charge in [-0.3, -0.25) is 0 Å². The molecule has 1 heterocycles. The number of likely N-dealkylation sites (tertiary alicyclic amines) is 1. The van der Waals surface area contributed by atoms with Crippen molar-refractivity contribution in [3.63, 3.8) is 0 Å². The summed E-state index contributed by atoms with van der Waals surface area (Å²) in [6.07, 6.45) is 6.86. The molecule has 1 saturated heterocycles. The topological polar surface area (TPSA) is 12.5 Å². The molecule has 2 fully saturated rings. The standard InChI is InChI=1S/C14H27NO/c1-13(2,3)16-11-14-8-5-7-12(14)15(4)10-6-9-14/h12H,5-11H2,1-4H3. The molecule has 2 nitrogen and oxygen atoms in total. The van der Waals surface area contributed by atoms with Crippen LogP contribution >= 0.6 is 0 Å². The molecule has 1 aliphatic carbocycles. The quantitative estimate of drug-likeness (QED) is 0.716. The van der Waals surface area contributed by atoms with Gasteiger partial charge in [-0.2, -0.15) is 0 Å². The van der Waals surface area contributed by atoms with Crippen molar-refractivity contribution in [2.75, 3.05) is 20.2 Å². The summed E-state index contributed by atoms with van der Waals surface area (Å²) in [6, 6.07) is 0.781. The molecule has 0 N–H and O–H groups in total. The maximum atomic E-state index is 6.10. The van der Waals surface area contributed by atoms with Gasteiger partial charge in [0.1, 0.15) is 0 Å². The maximum Gasteiger partial charge on any atom is 0.0598 e. The van der Waals surface area contributed by atoms with Crippen LogP contribution in [-0.2, 0) is 4.74 Å². The van der Waals surface area contributed by atoms with Crippen LogP contribution in [0.2, 0.25) is 0 Å². The Morgan fingerprint density at radius 2 is 1.94 bits per heavy atom. The van der Waals surface area contributed by atoms with Gasteiger partial charge in [-0.25, -0.2) is 0 Å². The molecule has 0 spiro atoms. The van der Waals surface area contributed by atoms with E-state index < -0.39 is 0 Å². The van der Waals surface area contributed by atoms with Crippen molar-refractivity contribution in [2.45, 2.75) is 64.5 Å². The molecule has 2 heteroatoms. The highest BCUT2D eigenvalue weighted by Crippen LogP contribution is 2.47. The third kappa shape index (κ3) is 2.43. The fraction of sp³-hybridized carbons (Fsp3) is 1.00. The van der Waals surface area contributed by atoms with Gasteiger partial charge in [-0.15, -0.1) is 0 Å². The number of rotatable bonds is 2. The molecule has 0 aromatic rings. The molecule has 0 bridgehead atoms. The van der Waals surface area contributed by atoms with Crippen molar-refractivity contribution < 1.29 is 4.74 Å². The molecule has 0 aromatic heterocycles. The molecule has 0 aromatic carbocycles. The second kappa shape index (κ2) is 4.30. The summed E-state index contributed by atoms with van der Waals surface area (Å²) < 4.78 is 6.10. The molecule has 94 valence electrons. The van der Waals surface area contributed by atoms with E-state index in [9.17, 15) is 0 Å². The Morgan fingerprint density at radius 1 is 1.25 bits per heavy atom. The van der Waals surface area contributed by atoms with Crippen molar-refractivity contribution in [1.82, 2.24) is 4.90 Å². The van der Waals surface area contributed by atoms with E-state index in [4.69, 9.17) is 4.74 Å². The normalized spacial score (nSPS) is 36.4. The predicted molar refractivity (Wildman–Crippen MR) is 67.6 cm³/mol. The van der Waals surface area contributed by atoms with E-state index in [1.165, 1.54) is 38.6 Å². The van der Waals surface area contributed by atoms with E-state index in [-0.39, 0.29) is 5.60 Å². The van der Waals surface area contributed by atoms with E-state index in [0.717, 1.165) is 12.6 Å². The fourth-order valence-corrected chi connectivity index (χ4v) is 3.54. The average molecular weight is 225 g/mol. The highest BCUT2D eigenvalue weighted by atomic mass is 16.5. The lowest BCUT2D eigenvalue weighted by Gasteiger charge is -2.46. The predicted octanol–water partition coefficient (Wildman–Crippen LogP) is 3.07. The van der Waals surface area contributed by atoms with Gasteiger partial charge in [0.05, 0.1) is 12.2 Å². The number of nitrogens with zero attached hydrogens (tertiary/aromatic N) is 1. The van der Waals surface area contributed by atoms with Crippen LogP contribution in [0.25, 0.3) is 0 Å². The molecule has 2 rings (SSSR count). The summed E-state index contributed by atoms with van der Waals surface area (Å²) in [6.45, 7) is 8.74. The molecular formula is C14H27NO. The lowest BCUT2D eigenvalue weighted by atomic mass is 9.75. The molecule has 16 heavy (non-hydrogen) atoms. The summed E-state index contributed by atoms with van der Waals surface area (Å²) >= 11 is 0. The minimum atomic E-state index is 0.0118. The van der Waals surface area contributed by atoms with E-state index in [2.05, 4.69) is 32.7 Å². The molecule has 1 aliphatic heterocycles. The summed E-state index contributed by atoms with van der Waals surface area (Å²) in [4.78, 5) is 2.57. The van der Waals surface area contributed by atoms with Gasteiger partial charge < -0.3 is 9.64 Å². The Bertz CT molecular complexity index is 246. The van der Waals surface area contributed by atoms with Gasteiger partial charge in [-0.05, 0) is 60.0 Å². The number of piperidine rings is 1. The molecule has 2 aliphatic rings. The summed E-state index contributed by atoms with van der Waals surface area (Å²) in [7, 11) is 2.29. The zero-order valence-corrected chi connectivity index (χ0v) is 11.4. The maximum absolute atomic E-state index is 6.10. The second-order valence-electron chi connectivity index (χ2n) is 6.76. The van der Waals surface area contributed by atoms with Crippen molar-refractivity contribution in [3.05, 3.63) is 0 Å². The van der Waals surface area contributed by atoms with Crippen LogP contribution in [-0.4, -0.2) is 36.7 Å². The first-order valence-electron chi connectivity index (χ1n) is 6.77. The van der Waals surface area contributed by atoms with E-state index in [1.807, 2.05) is 0 Å². The Kier molecular flexibility index (Phi) is 3.33. The van der Waals surface area contributed by atoms with Gasteiger partial charge in [0.25, 0.3) is 0 Å². The van der Waals surface area contributed by atoms with Crippen molar-refractivity contribution >= 4 is 0 Å². The SMILES string of the molecule is CN1CCCC2(COC(C)(C)C)CCCC12. The highest BCUT2D eigenvalue weighted by Gasteiger charge is 2.47. The van der Waals surface area contributed by atoms with E-state index in [1.54, 1.807) is 0 Å². The van der Waals surface area contributed by atoms with Crippen molar-refractivity contribution in [1.29, 1.82) is 0 Å². The largest absolute Gasteiger partial charge is 0.375 e. The van der Waals surface area contributed by atoms with E-state index >= 15 is 0 Å². The van der Waals surface area contributed by atoms with Crippen LogP contribution in [0.15, 0.2) is 0 Å². The monoisotopic (exact) mass is 225 g/mol. The Balaban J connectivity index is 2.03. The Morgan fingerprint density at radius 3 is 2.62 bits per heavy atom. The lowest BCUT2D eigenvalue weighted by Crippen LogP contribution is -2.50. The van der Waals surface area contributed by atoms with E-state index in [0.29, 0.717) is 5.41 Å². The highest BCUT2D eigenvalue weighted by molar-refractivity contribution is 5.00. The summed E-state index contributed by atoms with van der Waals surface area (Å²) in [5.74, 6) is 0. The molecule has 0 radical (unpaired) electrons. The zero-order chi connectivity index (χ0) is 11.8.